The van der Waals surface area contributed by atoms with E-state index in [4.69, 9.17) is 5.11 Å². The summed E-state index contributed by atoms with van der Waals surface area (Å²) in [5, 5.41) is 8.06. The third-order valence-electron chi connectivity index (χ3n) is 0. The summed E-state index contributed by atoms with van der Waals surface area (Å²) in [5.74, 6) is 0. The summed E-state index contributed by atoms with van der Waals surface area (Å²) < 4.78 is 0. The molecule has 0 saturated carbocycles. The van der Waals surface area contributed by atoms with Gasteiger partial charge in [0, 0.05) is 12.3 Å². The molecule has 0 amide bonds. The zero-order valence-corrected chi connectivity index (χ0v) is 3.73. The first-order valence-electron chi connectivity index (χ1n) is 1.41. The van der Waals surface area contributed by atoms with Crippen LogP contribution in [0.25, 0.3) is 0 Å². The van der Waals surface area contributed by atoms with E-state index in [1.165, 1.54) is 0 Å². The van der Waals surface area contributed by atoms with Crippen molar-refractivity contribution in [1.29, 1.82) is 0 Å². The Bertz CT molecular complexity index is 11.6. The molecule has 0 rings (SSSR count). The van der Waals surface area contributed by atoms with Gasteiger partial charge in [-0.3, -0.25) is 0 Å². The Morgan fingerprint density at radius 1 is 1.40 bits per heavy atom. The zero-order valence-electron chi connectivity index (χ0n) is 3.73. The molecule has 0 bridgehead atoms. The van der Waals surface area contributed by atoms with Crippen molar-refractivity contribution in [2.75, 3.05) is 0 Å². The molecule has 2 heteroatoms. The second-order valence-electron chi connectivity index (χ2n) is 1.09. The van der Waals surface area contributed by atoms with Crippen molar-refractivity contribution in [2.24, 2.45) is 0 Å². The summed E-state index contributed by atoms with van der Waals surface area (Å²) in [5.41, 5.74) is 0. The third-order valence-corrected chi connectivity index (χ3v) is 0. The smallest absolute Gasteiger partial charge is 0.0483 e. The van der Waals surface area contributed by atoms with Crippen LogP contribution in [0.2, 0.25) is 0 Å². The van der Waals surface area contributed by atoms with Gasteiger partial charge in [0.2, 0.25) is 0 Å². The molecular formula is C3H8HeO. The number of hydrogen-bond acceptors (Lipinski definition) is 1. The molecule has 0 aliphatic carbocycles. The Kier molecular flexibility index (Phi) is 6.85. The van der Waals surface area contributed by atoms with E-state index < -0.39 is 0 Å². The molecule has 0 unspecified atom stereocenters. The van der Waals surface area contributed by atoms with Gasteiger partial charge in [-0.2, -0.15) is 0 Å². The van der Waals surface area contributed by atoms with Crippen LogP contribution in [0.3, 0.4) is 0 Å². The van der Waals surface area contributed by atoms with Crippen LogP contribution in [0.5, 0.6) is 0 Å². The Labute approximate surface area is 32.4 Å². The van der Waals surface area contributed by atoms with Crippen molar-refractivity contribution in [2.45, 2.75) is 20.0 Å². The molecule has 0 aromatic rings. The van der Waals surface area contributed by atoms with Crippen molar-refractivity contribution in [3.8, 4) is 0 Å². The van der Waals surface area contributed by atoms with Crippen molar-refractivity contribution in [3.05, 3.63) is 0 Å². The molecule has 1 N–H and O–H groups in total. The van der Waals surface area contributed by atoms with Crippen LogP contribution in [0.15, 0.2) is 0 Å². The Hall–Kier alpha value is -0.131. The predicted molar refractivity (Wildman–Crippen MR) is 17.4 cm³/mol. The molecular weight excluding hydrogens is 56.0 g/mol. The molecule has 5 heavy (non-hydrogen) atoms. The molecule has 1 nitrogen and oxygen atoms in total. The molecule has 0 aromatic heterocycles. The van der Waals surface area contributed by atoms with E-state index in [0.717, 1.165) is 0 Å². The summed E-state index contributed by atoms with van der Waals surface area (Å²) in [6, 6.07) is 0. The van der Waals surface area contributed by atoms with Gasteiger partial charge in [0.15, 0.2) is 0 Å². The van der Waals surface area contributed by atoms with Crippen LogP contribution in [-0.2, 0) is 0 Å². The fourth-order valence-electron chi connectivity index (χ4n) is 0. The first kappa shape index (κ1) is 8.85. The average molecular weight is 64.1 g/mol. The summed E-state index contributed by atoms with van der Waals surface area (Å²) in [6.45, 7) is 3.44. The van der Waals surface area contributed by atoms with E-state index in [1.54, 1.807) is 13.8 Å². The van der Waals surface area contributed by atoms with E-state index >= 15 is 0 Å². The van der Waals surface area contributed by atoms with Gasteiger partial charge >= 0.3 is 0 Å². The molecule has 0 aliphatic rings. The fraction of sp³-hybridized carbons (Fsp3) is 1.00. The van der Waals surface area contributed by atoms with Gasteiger partial charge < -0.3 is 5.11 Å². The largest absolute Gasteiger partial charge is 0.394 e. The number of aliphatic hydroxyl groups excluding tert-OH is 1. The van der Waals surface area contributed by atoms with Crippen LogP contribution in [0.4, 0.5) is 0 Å². The standard InChI is InChI=1S/C3H8O.He/c1-3(2)4;/h3-4H,1-2H3;. The fourth-order valence-corrected chi connectivity index (χ4v) is 0. The molecule has 0 atom stereocenters. The summed E-state index contributed by atoms with van der Waals surface area (Å²) >= 11 is 0. The summed E-state index contributed by atoms with van der Waals surface area (Å²) in [7, 11) is 0. The van der Waals surface area contributed by atoms with Crippen molar-refractivity contribution in [3.63, 3.8) is 0 Å². The van der Waals surface area contributed by atoms with Crippen molar-refractivity contribution >= 4 is 0 Å². The van der Waals surface area contributed by atoms with Gasteiger partial charge in [-0.1, -0.05) is 0 Å². The van der Waals surface area contributed by atoms with E-state index in [-0.39, 0.29) is 12.3 Å². The summed E-state index contributed by atoms with van der Waals surface area (Å²) in [4.78, 5) is 0. The normalized spacial score (nSPS) is 7.20. The van der Waals surface area contributed by atoms with Crippen molar-refractivity contribution < 1.29 is 11.3 Å². The number of hydrogen-bond donors (Lipinski definition) is 1. The van der Waals surface area contributed by atoms with E-state index in [0.29, 0.717) is 0 Å². The Morgan fingerprint density at radius 3 is 1.40 bits per heavy atom. The summed E-state index contributed by atoms with van der Waals surface area (Å²) in [6.07, 6.45) is -0.167. The van der Waals surface area contributed by atoms with Gasteiger partial charge in [0.25, 0.3) is 0 Å². The maximum atomic E-state index is 8.06. The van der Waals surface area contributed by atoms with Crippen LogP contribution in [0.1, 0.15) is 13.8 Å². The second kappa shape index (κ2) is 3.87. The van der Waals surface area contributed by atoms with E-state index in [1.807, 2.05) is 0 Å². The minimum atomic E-state index is -0.167. The molecule has 28 valence electrons. The zero-order chi connectivity index (χ0) is 3.58. The molecule has 0 heterocycles. The second-order valence-corrected chi connectivity index (χ2v) is 1.09. The maximum Gasteiger partial charge on any atom is 0.0483 e. The number of rotatable bonds is 0. The van der Waals surface area contributed by atoms with E-state index in [9.17, 15) is 0 Å². The van der Waals surface area contributed by atoms with Crippen LogP contribution < -0.4 is 0 Å². The Morgan fingerprint density at radius 2 is 1.40 bits per heavy atom. The van der Waals surface area contributed by atoms with Gasteiger partial charge in [-0.05, 0) is 13.8 Å². The third kappa shape index (κ3) is 789. The molecule has 0 radical (unpaired) electrons. The minimum absolute atomic E-state index is 0. The van der Waals surface area contributed by atoms with Gasteiger partial charge in [0.1, 0.15) is 0 Å². The molecule has 0 aromatic carbocycles. The molecule has 0 spiro atoms. The maximum absolute atomic E-state index is 8.06. The van der Waals surface area contributed by atoms with Gasteiger partial charge in [0.05, 0.1) is 0 Å². The number of aliphatic hydroxyl groups is 1. The van der Waals surface area contributed by atoms with Gasteiger partial charge in [-0.25, -0.2) is 0 Å². The quantitative estimate of drug-likeness (QED) is 0.432. The topological polar surface area (TPSA) is 20.2 Å². The van der Waals surface area contributed by atoms with E-state index in [2.05, 4.69) is 0 Å². The van der Waals surface area contributed by atoms with Crippen LogP contribution in [-0.4, -0.2) is 11.2 Å². The molecule has 0 saturated heterocycles. The minimum Gasteiger partial charge on any atom is -0.394 e. The van der Waals surface area contributed by atoms with Crippen LogP contribution in [0, 0.1) is 6.15 Å². The average Bonchev–Trinajstić information content (AvgIpc) is 0.811. The molecule has 0 fully saturated rings. The van der Waals surface area contributed by atoms with Crippen LogP contribution >= 0.6 is 0 Å². The molecule has 0 aliphatic heterocycles. The SMILES string of the molecule is CC(C)O.[He]. The first-order valence-corrected chi connectivity index (χ1v) is 1.41. The van der Waals surface area contributed by atoms with Gasteiger partial charge in [-0.15, -0.1) is 0 Å². The van der Waals surface area contributed by atoms with Crippen molar-refractivity contribution in [1.82, 2.24) is 0 Å². The first-order chi connectivity index (χ1) is 1.73. The predicted octanol–water partition coefficient (Wildman–Crippen LogP) is 0.387. The monoisotopic (exact) mass is 64.1 g/mol. The Balaban J connectivity index is 0.